The average molecular weight is 296 g/mol. The van der Waals surface area contributed by atoms with Gasteiger partial charge in [0, 0.05) is 22.7 Å². The van der Waals surface area contributed by atoms with Gasteiger partial charge in [-0.1, -0.05) is 17.7 Å². The van der Waals surface area contributed by atoms with Crippen LogP contribution in [0.25, 0.3) is 0 Å². The zero-order valence-corrected chi connectivity index (χ0v) is 11.8. The van der Waals surface area contributed by atoms with Gasteiger partial charge in [0.15, 0.2) is 0 Å². The van der Waals surface area contributed by atoms with Crippen LogP contribution in [0.1, 0.15) is 11.1 Å². The largest absolute Gasteiger partial charge is 0.497 e. The SMILES string of the molecule is COc1ccc(OCc2ccc(Cl)cc2F)c(CN)c1. The van der Waals surface area contributed by atoms with Crippen LogP contribution in [-0.2, 0) is 13.2 Å². The molecular formula is C15H15ClFNO2. The predicted molar refractivity (Wildman–Crippen MR) is 76.6 cm³/mol. The Balaban J connectivity index is 2.14. The molecule has 2 rings (SSSR count). The number of methoxy groups -OCH3 is 1. The maximum atomic E-state index is 13.6. The first kappa shape index (κ1) is 14.6. The van der Waals surface area contributed by atoms with Crippen LogP contribution in [0.2, 0.25) is 5.02 Å². The van der Waals surface area contributed by atoms with E-state index in [1.807, 2.05) is 0 Å². The number of rotatable bonds is 5. The van der Waals surface area contributed by atoms with E-state index in [1.54, 1.807) is 37.4 Å². The molecule has 0 fully saturated rings. The van der Waals surface area contributed by atoms with E-state index in [0.29, 0.717) is 28.6 Å². The van der Waals surface area contributed by atoms with E-state index < -0.39 is 0 Å². The van der Waals surface area contributed by atoms with E-state index in [-0.39, 0.29) is 12.4 Å². The van der Waals surface area contributed by atoms with Crippen molar-refractivity contribution in [2.75, 3.05) is 7.11 Å². The Labute approximate surface area is 122 Å². The topological polar surface area (TPSA) is 44.5 Å². The summed E-state index contributed by atoms with van der Waals surface area (Å²) in [6, 6.07) is 9.82. The number of halogens is 2. The molecular weight excluding hydrogens is 281 g/mol. The second-order valence-corrected chi connectivity index (χ2v) is 4.64. The quantitative estimate of drug-likeness (QED) is 0.918. The van der Waals surface area contributed by atoms with Crippen LogP contribution in [0.3, 0.4) is 0 Å². The van der Waals surface area contributed by atoms with Crippen molar-refractivity contribution in [2.45, 2.75) is 13.2 Å². The molecule has 2 N–H and O–H groups in total. The van der Waals surface area contributed by atoms with Gasteiger partial charge in [-0.3, -0.25) is 0 Å². The molecule has 0 radical (unpaired) electrons. The molecule has 20 heavy (non-hydrogen) atoms. The van der Waals surface area contributed by atoms with Gasteiger partial charge in [0.1, 0.15) is 23.9 Å². The van der Waals surface area contributed by atoms with Crippen molar-refractivity contribution in [3.05, 3.63) is 58.4 Å². The van der Waals surface area contributed by atoms with E-state index in [9.17, 15) is 4.39 Å². The van der Waals surface area contributed by atoms with Gasteiger partial charge in [-0.05, 0) is 30.3 Å². The lowest BCUT2D eigenvalue weighted by molar-refractivity contribution is 0.296. The summed E-state index contributed by atoms with van der Waals surface area (Å²) in [4.78, 5) is 0. The van der Waals surface area contributed by atoms with Crippen molar-refractivity contribution in [1.29, 1.82) is 0 Å². The monoisotopic (exact) mass is 295 g/mol. The summed E-state index contributed by atoms with van der Waals surface area (Å²) >= 11 is 5.70. The van der Waals surface area contributed by atoms with Crippen LogP contribution < -0.4 is 15.2 Å². The molecule has 0 aromatic heterocycles. The maximum absolute atomic E-state index is 13.6. The first-order chi connectivity index (χ1) is 9.63. The second-order valence-electron chi connectivity index (χ2n) is 4.20. The van der Waals surface area contributed by atoms with Crippen LogP contribution >= 0.6 is 11.6 Å². The number of hydrogen-bond acceptors (Lipinski definition) is 3. The molecule has 0 amide bonds. The highest BCUT2D eigenvalue weighted by molar-refractivity contribution is 6.30. The van der Waals surface area contributed by atoms with Gasteiger partial charge in [0.2, 0.25) is 0 Å². The van der Waals surface area contributed by atoms with E-state index in [1.165, 1.54) is 6.07 Å². The average Bonchev–Trinajstić information content (AvgIpc) is 2.46. The van der Waals surface area contributed by atoms with Crippen molar-refractivity contribution >= 4 is 11.6 Å². The molecule has 3 nitrogen and oxygen atoms in total. The lowest BCUT2D eigenvalue weighted by atomic mass is 10.2. The molecule has 2 aromatic carbocycles. The molecule has 0 atom stereocenters. The Morgan fingerprint density at radius 2 is 1.95 bits per heavy atom. The molecule has 0 bridgehead atoms. The van der Waals surface area contributed by atoms with E-state index >= 15 is 0 Å². The Bertz CT molecular complexity index is 604. The summed E-state index contributed by atoms with van der Waals surface area (Å²) in [6.07, 6.45) is 0. The Morgan fingerprint density at radius 3 is 2.60 bits per heavy atom. The minimum atomic E-state index is -0.389. The number of benzene rings is 2. The minimum Gasteiger partial charge on any atom is -0.497 e. The fourth-order valence-electron chi connectivity index (χ4n) is 1.78. The maximum Gasteiger partial charge on any atom is 0.131 e. The van der Waals surface area contributed by atoms with Crippen molar-refractivity contribution in [3.63, 3.8) is 0 Å². The highest BCUT2D eigenvalue weighted by Gasteiger charge is 2.07. The zero-order valence-electron chi connectivity index (χ0n) is 11.0. The lowest BCUT2D eigenvalue weighted by Crippen LogP contribution is -2.04. The van der Waals surface area contributed by atoms with Gasteiger partial charge in [0.05, 0.1) is 7.11 Å². The number of nitrogens with two attached hydrogens (primary N) is 1. The molecule has 0 heterocycles. The van der Waals surface area contributed by atoms with Gasteiger partial charge in [-0.2, -0.15) is 0 Å². The molecule has 0 saturated carbocycles. The van der Waals surface area contributed by atoms with E-state index in [2.05, 4.69) is 0 Å². The first-order valence-corrected chi connectivity index (χ1v) is 6.45. The third-order valence-electron chi connectivity index (χ3n) is 2.89. The highest BCUT2D eigenvalue weighted by atomic mass is 35.5. The molecule has 0 spiro atoms. The summed E-state index contributed by atoms with van der Waals surface area (Å²) in [7, 11) is 1.58. The highest BCUT2D eigenvalue weighted by Crippen LogP contribution is 2.25. The Hall–Kier alpha value is -1.78. The van der Waals surface area contributed by atoms with Gasteiger partial charge in [-0.15, -0.1) is 0 Å². The number of hydrogen-bond donors (Lipinski definition) is 1. The molecule has 2 aromatic rings. The summed E-state index contributed by atoms with van der Waals surface area (Å²) in [5.41, 5.74) is 6.91. The summed E-state index contributed by atoms with van der Waals surface area (Å²) in [5.74, 6) is 0.929. The summed E-state index contributed by atoms with van der Waals surface area (Å²) in [6.45, 7) is 0.429. The third-order valence-corrected chi connectivity index (χ3v) is 3.12. The minimum absolute atomic E-state index is 0.113. The zero-order chi connectivity index (χ0) is 14.5. The summed E-state index contributed by atoms with van der Waals surface area (Å²) in [5, 5.41) is 0.360. The van der Waals surface area contributed by atoms with Crippen molar-refractivity contribution < 1.29 is 13.9 Å². The standard InChI is InChI=1S/C15H15ClFNO2/c1-19-13-4-5-15(11(6-13)8-18)20-9-10-2-3-12(16)7-14(10)17/h2-7H,8-9,18H2,1H3. The molecule has 0 aliphatic rings. The summed E-state index contributed by atoms with van der Waals surface area (Å²) < 4.78 is 24.4. The molecule has 0 unspecified atom stereocenters. The van der Waals surface area contributed by atoms with Crippen LogP contribution in [-0.4, -0.2) is 7.11 Å². The number of ether oxygens (including phenoxy) is 2. The third kappa shape index (κ3) is 3.40. The molecule has 5 heteroatoms. The first-order valence-electron chi connectivity index (χ1n) is 6.07. The molecule has 0 saturated heterocycles. The fraction of sp³-hybridized carbons (Fsp3) is 0.200. The Kier molecular flexibility index (Phi) is 4.82. The van der Waals surface area contributed by atoms with Crippen LogP contribution in [0.5, 0.6) is 11.5 Å². The van der Waals surface area contributed by atoms with E-state index in [4.69, 9.17) is 26.8 Å². The molecule has 0 aliphatic carbocycles. The van der Waals surface area contributed by atoms with Crippen molar-refractivity contribution in [1.82, 2.24) is 0 Å². The molecule has 0 aliphatic heterocycles. The van der Waals surface area contributed by atoms with Gasteiger partial charge in [0.25, 0.3) is 0 Å². The lowest BCUT2D eigenvalue weighted by Gasteiger charge is -2.12. The van der Waals surface area contributed by atoms with Crippen molar-refractivity contribution in [3.8, 4) is 11.5 Å². The van der Waals surface area contributed by atoms with E-state index in [0.717, 1.165) is 5.56 Å². The van der Waals surface area contributed by atoms with Crippen LogP contribution in [0.15, 0.2) is 36.4 Å². The van der Waals surface area contributed by atoms with Gasteiger partial charge < -0.3 is 15.2 Å². The molecule has 106 valence electrons. The predicted octanol–water partition coefficient (Wildman–Crippen LogP) is 3.53. The fourth-order valence-corrected chi connectivity index (χ4v) is 1.94. The van der Waals surface area contributed by atoms with Crippen molar-refractivity contribution in [2.24, 2.45) is 5.73 Å². The van der Waals surface area contributed by atoms with Crippen LogP contribution in [0.4, 0.5) is 4.39 Å². The van der Waals surface area contributed by atoms with Crippen LogP contribution in [0, 0.1) is 5.82 Å². The Morgan fingerprint density at radius 1 is 1.15 bits per heavy atom. The van der Waals surface area contributed by atoms with Gasteiger partial charge >= 0.3 is 0 Å². The second kappa shape index (κ2) is 6.59. The smallest absolute Gasteiger partial charge is 0.131 e. The van der Waals surface area contributed by atoms with Gasteiger partial charge in [-0.25, -0.2) is 4.39 Å². The normalized spacial score (nSPS) is 10.4.